The van der Waals surface area contributed by atoms with Gasteiger partial charge in [-0.25, -0.2) is 9.97 Å². The van der Waals surface area contributed by atoms with Crippen molar-refractivity contribution in [1.29, 1.82) is 5.26 Å². The number of likely N-dealkylation sites (N-methyl/N-ethyl adjacent to an activating group) is 1. The number of para-hydroxylation sites is 1. The van der Waals surface area contributed by atoms with Crippen molar-refractivity contribution >= 4 is 21.6 Å². The fraction of sp³-hybridized carbons (Fsp3) is 0.368. The van der Waals surface area contributed by atoms with Crippen LogP contribution in [0.15, 0.2) is 36.5 Å². The Morgan fingerprint density at radius 3 is 2.78 bits per heavy atom. The smallest absolute Gasteiger partial charge is 0.316 e. The van der Waals surface area contributed by atoms with E-state index in [1.807, 2.05) is 38.4 Å². The van der Waals surface area contributed by atoms with Gasteiger partial charge < -0.3 is 14.4 Å². The molecular formula is C19H21N5O2S. The summed E-state index contributed by atoms with van der Waals surface area (Å²) in [5.74, 6) is -0.552. The van der Waals surface area contributed by atoms with Gasteiger partial charge in [0.1, 0.15) is 17.5 Å². The van der Waals surface area contributed by atoms with Gasteiger partial charge in [-0.05, 0) is 32.3 Å². The van der Waals surface area contributed by atoms with Crippen LogP contribution in [-0.4, -0.2) is 60.3 Å². The predicted octanol–water partition coefficient (Wildman–Crippen LogP) is 2.70. The molecule has 140 valence electrons. The van der Waals surface area contributed by atoms with Crippen molar-refractivity contribution in [2.45, 2.75) is 5.92 Å². The second-order valence-electron chi connectivity index (χ2n) is 6.11. The van der Waals surface area contributed by atoms with Crippen molar-refractivity contribution in [3.8, 4) is 12.1 Å². The Labute approximate surface area is 162 Å². The number of thiazole rings is 1. The number of aromatic nitrogens is 3. The molecule has 2 aromatic heterocycles. The summed E-state index contributed by atoms with van der Waals surface area (Å²) < 4.78 is 12.1. The number of fused-ring (bicyclic) bond motifs is 1. The molecule has 0 fully saturated rings. The first-order chi connectivity index (χ1) is 13.2. The van der Waals surface area contributed by atoms with Gasteiger partial charge in [-0.2, -0.15) is 10.2 Å². The monoisotopic (exact) mass is 383 g/mol. The lowest BCUT2D eigenvalue weighted by molar-refractivity contribution is 0.0860. The Hall–Kier alpha value is -2.60. The molecule has 2 heterocycles. The highest BCUT2D eigenvalue weighted by molar-refractivity contribution is 7.18. The van der Waals surface area contributed by atoms with Crippen LogP contribution in [0.5, 0.6) is 6.01 Å². The molecule has 7 nitrogen and oxygen atoms in total. The minimum absolute atomic E-state index is 0.241. The lowest BCUT2D eigenvalue weighted by atomic mass is 10.1. The van der Waals surface area contributed by atoms with Gasteiger partial charge in [0.05, 0.1) is 35.2 Å². The number of ether oxygens (including phenoxy) is 2. The van der Waals surface area contributed by atoms with E-state index in [0.717, 1.165) is 21.8 Å². The summed E-state index contributed by atoms with van der Waals surface area (Å²) in [6.45, 7) is 2.32. The van der Waals surface area contributed by atoms with Crippen LogP contribution in [0.2, 0.25) is 0 Å². The molecule has 1 unspecified atom stereocenters. The summed E-state index contributed by atoms with van der Waals surface area (Å²) >= 11 is 1.50. The van der Waals surface area contributed by atoms with Crippen molar-refractivity contribution in [3.63, 3.8) is 0 Å². The molecule has 0 aliphatic rings. The molecular weight excluding hydrogens is 362 g/mol. The number of rotatable bonds is 9. The van der Waals surface area contributed by atoms with Crippen LogP contribution in [-0.2, 0) is 4.74 Å². The van der Waals surface area contributed by atoms with E-state index < -0.39 is 5.92 Å². The zero-order valence-electron chi connectivity index (χ0n) is 15.3. The zero-order valence-corrected chi connectivity index (χ0v) is 16.1. The number of hydrogen-bond donors (Lipinski definition) is 0. The first-order valence-electron chi connectivity index (χ1n) is 8.60. The first kappa shape index (κ1) is 19.2. The molecule has 1 atom stereocenters. The van der Waals surface area contributed by atoms with Gasteiger partial charge in [-0.15, -0.1) is 11.3 Å². The molecule has 0 aliphatic carbocycles. The van der Waals surface area contributed by atoms with Gasteiger partial charge in [-0.3, -0.25) is 0 Å². The highest BCUT2D eigenvalue weighted by Crippen LogP contribution is 2.30. The Morgan fingerprint density at radius 1 is 1.15 bits per heavy atom. The van der Waals surface area contributed by atoms with Crippen molar-refractivity contribution in [3.05, 3.63) is 47.2 Å². The van der Waals surface area contributed by atoms with Gasteiger partial charge in [0, 0.05) is 12.7 Å². The summed E-state index contributed by atoms with van der Waals surface area (Å²) in [7, 11) is 3.99. The molecule has 0 radical (unpaired) electrons. The van der Waals surface area contributed by atoms with E-state index in [1.165, 1.54) is 11.3 Å². The Bertz CT molecular complexity index is 889. The maximum Gasteiger partial charge on any atom is 0.316 e. The van der Waals surface area contributed by atoms with Crippen LogP contribution in [0, 0.1) is 11.3 Å². The fourth-order valence-electron chi connectivity index (χ4n) is 2.39. The minimum atomic E-state index is -0.552. The molecule has 0 saturated carbocycles. The molecule has 8 heteroatoms. The SMILES string of the molecule is CN(C)CCOCCOc1nccc(C(C#N)c2nc3ccccc3s2)n1. The van der Waals surface area contributed by atoms with Crippen molar-refractivity contribution in [1.82, 2.24) is 19.9 Å². The molecule has 0 N–H and O–H groups in total. The Morgan fingerprint density at radius 2 is 2.00 bits per heavy atom. The topological polar surface area (TPSA) is 84.2 Å². The summed E-state index contributed by atoms with van der Waals surface area (Å²) in [5, 5.41) is 10.4. The van der Waals surface area contributed by atoms with Crippen molar-refractivity contribution < 1.29 is 9.47 Å². The Kier molecular flexibility index (Phi) is 6.65. The van der Waals surface area contributed by atoms with E-state index in [9.17, 15) is 5.26 Å². The van der Waals surface area contributed by atoms with Gasteiger partial charge in [0.15, 0.2) is 0 Å². The molecule has 0 spiro atoms. The maximum atomic E-state index is 9.66. The minimum Gasteiger partial charge on any atom is -0.461 e. The van der Waals surface area contributed by atoms with Crippen LogP contribution in [0.3, 0.4) is 0 Å². The van der Waals surface area contributed by atoms with E-state index >= 15 is 0 Å². The van der Waals surface area contributed by atoms with Gasteiger partial charge in [-0.1, -0.05) is 12.1 Å². The molecule has 27 heavy (non-hydrogen) atoms. The van der Waals surface area contributed by atoms with E-state index in [2.05, 4.69) is 25.9 Å². The summed E-state index contributed by atoms with van der Waals surface area (Å²) in [5.41, 5.74) is 1.47. The highest BCUT2D eigenvalue weighted by Gasteiger charge is 2.20. The third-order valence-electron chi connectivity index (χ3n) is 3.78. The van der Waals surface area contributed by atoms with Crippen LogP contribution in [0.4, 0.5) is 0 Å². The standard InChI is InChI=1S/C19H21N5O2S/c1-24(2)9-10-25-11-12-26-19-21-8-7-15(23-19)14(13-20)18-22-16-5-3-4-6-17(16)27-18/h3-8,14H,9-12H2,1-2H3. The molecule has 3 aromatic rings. The van der Waals surface area contributed by atoms with Crippen molar-refractivity contribution in [2.75, 3.05) is 40.5 Å². The van der Waals surface area contributed by atoms with E-state index in [4.69, 9.17) is 9.47 Å². The molecule has 0 aliphatic heterocycles. The van der Waals surface area contributed by atoms with E-state index in [1.54, 1.807) is 12.3 Å². The second kappa shape index (κ2) is 9.37. The lowest BCUT2D eigenvalue weighted by Crippen LogP contribution is -2.19. The number of nitrogens with zero attached hydrogens (tertiary/aromatic N) is 5. The summed E-state index contributed by atoms with van der Waals surface area (Å²) in [6.07, 6.45) is 1.60. The quantitative estimate of drug-likeness (QED) is 0.525. The van der Waals surface area contributed by atoms with Gasteiger partial charge in [0.2, 0.25) is 0 Å². The van der Waals surface area contributed by atoms with Crippen molar-refractivity contribution in [2.24, 2.45) is 0 Å². The third kappa shape index (κ3) is 5.20. The maximum absolute atomic E-state index is 9.66. The molecule has 0 amide bonds. The molecule has 3 rings (SSSR count). The predicted molar refractivity (Wildman–Crippen MR) is 104 cm³/mol. The van der Waals surface area contributed by atoms with Gasteiger partial charge in [0.25, 0.3) is 0 Å². The van der Waals surface area contributed by atoms with Crippen LogP contribution in [0.25, 0.3) is 10.2 Å². The average molecular weight is 383 g/mol. The first-order valence-corrected chi connectivity index (χ1v) is 9.42. The van der Waals surface area contributed by atoms with Crippen LogP contribution < -0.4 is 4.74 Å². The molecule has 0 saturated heterocycles. The molecule has 0 bridgehead atoms. The summed E-state index contributed by atoms with van der Waals surface area (Å²) in [4.78, 5) is 15.1. The Balaban J connectivity index is 1.64. The number of benzene rings is 1. The fourth-order valence-corrected chi connectivity index (χ4v) is 3.41. The normalized spacial score (nSPS) is 12.2. The number of nitriles is 1. The van der Waals surface area contributed by atoms with Gasteiger partial charge >= 0.3 is 6.01 Å². The average Bonchev–Trinajstić information content (AvgIpc) is 3.09. The third-order valence-corrected chi connectivity index (χ3v) is 4.88. The van der Waals surface area contributed by atoms with E-state index in [0.29, 0.717) is 25.5 Å². The number of hydrogen-bond acceptors (Lipinski definition) is 8. The van der Waals surface area contributed by atoms with E-state index in [-0.39, 0.29) is 6.01 Å². The lowest BCUT2D eigenvalue weighted by Gasteiger charge is -2.10. The summed E-state index contributed by atoms with van der Waals surface area (Å²) in [6, 6.07) is 12.1. The highest BCUT2D eigenvalue weighted by atomic mass is 32.1. The second-order valence-corrected chi connectivity index (χ2v) is 7.17. The molecule has 1 aromatic carbocycles. The largest absolute Gasteiger partial charge is 0.461 e. The zero-order chi connectivity index (χ0) is 19.1. The van der Waals surface area contributed by atoms with Crippen LogP contribution in [0.1, 0.15) is 16.6 Å². The van der Waals surface area contributed by atoms with Crippen LogP contribution >= 0.6 is 11.3 Å².